The molecule has 1 heterocycles. The van der Waals surface area contributed by atoms with Gasteiger partial charge in [-0.2, -0.15) is 0 Å². The van der Waals surface area contributed by atoms with Gasteiger partial charge in [-0.15, -0.1) is 0 Å². The van der Waals surface area contributed by atoms with Gasteiger partial charge in [0.2, 0.25) is 0 Å². The molecule has 1 saturated heterocycles. The maximum Gasteiger partial charge on any atom is 0.255 e. The van der Waals surface area contributed by atoms with Gasteiger partial charge in [0, 0.05) is 30.9 Å². The highest BCUT2D eigenvalue weighted by atomic mass is 16.5. The Bertz CT molecular complexity index is 779. The van der Waals surface area contributed by atoms with Crippen LogP contribution in [0.25, 0.3) is 0 Å². The van der Waals surface area contributed by atoms with Crippen LogP contribution >= 0.6 is 0 Å². The van der Waals surface area contributed by atoms with Gasteiger partial charge in [-0.05, 0) is 73.1 Å². The van der Waals surface area contributed by atoms with Crippen molar-refractivity contribution in [3.8, 4) is 0 Å². The first-order valence-corrected chi connectivity index (χ1v) is 10.1. The minimum absolute atomic E-state index is 0.0237. The highest BCUT2D eigenvalue weighted by Crippen LogP contribution is 2.23. The molecule has 1 fully saturated rings. The van der Waals surface area contributed by atoms with Crippen molar-refractivity contribution < 1.29 is 9.53 Å². The Hall–Kier alpha value is -2.17. The maximum absolute atomic E-state index is 12.6. The number of anilines is 1. The van der Waals surface area contributed by atoms with Crippen molar-refractivity contribution in [1.29, 1.82) is 0 Å². The Morgan fingerprint density at radius 3 is 2.48 bits per heavy atom. The lowest BCUT2D eigenvalue weighted by Gasteiger charge is -2.26. The van der Waals surface area contributed by atoms with Crippen molar-refractivity contribution in [3.05, 3.63) is 64.7 Å². The molecule has 4 rings (SSSR count). The van der Waals surface area contributed by atoms with Gasteiger partial charge in [0.15, 0.2) is 0 Å². The van der Waals surface area contributed by atoms with E-state index in [1.165, 1.54) is 29.5 Å². The molecule has 1 amide bonds. The smallest absolute Gasteiger partial charge is 0.255 e. The second kappa shape index (κ2) is 8.68. The van der Waals surface area contributed by atoms with Crippen LogP contribution in [0.15, 0.2) is 42.5 Å². The van der Waals surface area contributed by atoms with E-state index in [9.17, 15) is 4.79 Å². The lowest BCUT2D eigenvalue weighted by atomic mass is 9.90. The minimum Gasteiger partial charge on any atom is -0.379 e. The lowest BCUT2D eigenvalue weighted by molar-refractivity contribution is 0.0384. The Morgan fingerprint density at radius 2 is 1.70 bits per heavy atom. The SMILES string of the molecule is O=C(Nc1ccc(CCN2CCOCC2)cc1)c1ccc2c(c1)CCCC2. The summed E-state index contributed by atoms with van der Waals surface area (Å²) in [6.07, 6.45) is 5.75. The first-order chi connectivity index (χ1) is 13.3. The molecule has 0 unspecified atom stereocenters. The third-order valence-electron chi connectivity index (χ3n) is 5.64. The number of fused-ring (bicyclic) bond motifs is 1. The molecule has 0 aromatic heterocycles. The van der Waals surface area contributed by atoms with Gasteiger partial charge in [-0.1, -0.05) is 18.2 Å². The monoisotopic (exact) mass is 364 g/mol. The Balaban J connectivity index is 1.33. The number of carbonyl (C=O) groups is 1. The molecule has 0 spiro atoms. The van der Waals surface area contributed by atoms with E-state index >= 15 is 0 Å². The predicted molar refractivity (Wildman–Crippen MR) is 108 cm³/mol. The molecule has 0 bridgehead atoms. The first-order valence-electron chi connectivity index (χ1n) is 10.1. The molecule has 142 valence electrons. The van der Waals surface area contributed by atoms with E-state index in [4.69, 9.17) is 4.74 Å². The van der Waals surface area contributed by atoms with Crippen LogP contribution in [0.4, 0.5) is 5.69 Å². The number of aryl methyl sites for hydroxylation is 2. The van der Waals surface area contributed by atoms with Crippen LogP contribution in [0.1, 0.15) is 39.9 Å². The average molecular weight is 364 g/mol. The Morgan fingerprint density at radius 1 is 0.963 bits per heavy atom. The Labute approximate surface area is 161 Å². The van der Waals surface area contributed by atoms with Crippen molar-refractivity contribution in [2.45, 2.75) is 32.1 Å². The molecule has 2 aliphatic rings. The number of morpholine rings is 1. The van der Waals surface area contributed by atoms with E-state index in [-0.39, 0.29) is 5.91 Å². The fraction of sp³-hybridized carbons (Fsp3) is 0.435. The zero-order valence-electron chi connectivity index (χ0n) is 15.9. The number of hydrogen-bond acceptors (Lipinski definition) is 3. The van der Waals surface area contributed by atoms with Gasteiger partial charge in [0.25, 0.3) is 5.91 Å². The summed E-state index contributed by atoms with van der Waals surface area (Å²) in [7, 11) is 0. The van der Waals surface area contributed by atoms with Crippen LogP contribution in [0, 0.1) is 0 Å². The molecule has 0 atom stereocenters. The molecule has 2 aromatic rings. The van der Waals surface area contributed by atoms with Gasteiger partial charge in [-0.25, -0.2) is 0 Å². The standard InChI is InChI=1S/C23H28N2O2/c26-23(21-8-7-19-3-1-2-4-20(19)17-21)24-22-9-5-18(6-10-22)11-12-25-13-15-27-16-14-25/h5-10,17H,1-4,11-16H2,(H,24,26). The van der Waals surface area contributed by atoms with Crippen molar-refractivity contribution in [2.75, 3.05) is 38.2 Å². The number of nitrogens with one attached hydrogen (secondary N) is 1. The average Bonchev–Trinajstić information content (AvgIpc) is 2.73. The summed E-state index contributed by atoms with van der Waals surface area (Å²) in [6.45, 7) is 4.79. The summed E-state index contributed by atoms with van der Waals surface area (Å²) < 4.78 is 5.39. The van der Waals surface area contributed by atoms with Crippen LogP contribution in [-0.2, 0) is 24.0 Å². The van der Waals surface area contributed by atoms with Crippen molar-refractivity contribution in [3.63, 3.8) is 0 Å². The third kappa shape index (κ3) is 4.76. The van der Waals surface area contributed by atoms with Gasteiger partial charge >= 0.3 is 0 Å². The van der Waals surface area contributed by atoms with Crippen molar-refractivity contribution >= 4 is 11.6 Å². The van der Waals surface area contributed by atoms with E-state index in [1.807, 2.05) is 18.2 Å². The third-order valence-corrected chi connectivity index (χ3v) is 5.64. The summed E-state index contributed by atoms with van der Waals surface area (Å²) in [5.41, 5.74) is 5.66. The Kier molecular flexibility index (Phi) is 5.85. The largest absolute Gasteiger partial charge is 0.379 e. The molecule has 0 saturated carbocycles. The van der Waals surface area contributed by atoms with Crippen molar-refractivity contribution in [2.24, 2.45) is 0 Å². The highest BCUT2D eigenvalue weighted by molar-refractivity contribution is 6.04. The molecular weight excluding hydrogens is 336 g/mol. The summed E-state index contributed by atoms with van der Waals surface area (Å²) in [5, 5.41) is 3.03. The maximum atomic E-state index is 12.6. The van der Waals surface area contributed by atoms with E-state index in [2.05, 4.69) is 34.5 Å². The normalized spacial score (nSPS) is 17.3. The van der Waals surface area contributed by atoms with Gasteiger partial charge in [-0.3, -0.25) is 9.69 Å². The molecule has 27 heavy (non-hydrogen) atoms. The number of hydrogen-bond donors (Lipinski definition) is 1. The second-order valence-electron chi connectivity index (χ2n) is 7.55. The molecule has 4 nitrogen and oxygen atoms in total. The van der Waals surface area contributed by atoms with Gasteiger partial charge < -0.3 is 10.1 Å². The number of rotatable bonds is 5. The number of benzene rings is 2. The quantitative estimate of drug-likeness (QED) is 0.880. The topological polar surface area (TPSA) is 41.6 Å². The van der Waals surface area contributed by atoms with E-state index < -0.39 is 0 Å². The second-order valence-corrected chi connectivity index (χ2v) is 7.55. The summed E-state index contributed by atoms with van der Waals surface area (Å²) in [6, 6.07) is 14.4. The number of carbonyl (C=O) groups excluding carboxylic acids is 1. The molecule has 1 N–H and O–H groups in total. The molecular formula is C23H28N2O2. The first kappa shape index (κ1) is 18.2. The van der Waals surface area contributed by atoms with Crippen LogP contribution < -0.4 is 5.32 Å². The number of amides is 1. The van der Waals surface area contributed by atoms with Crippen LogP contribution in [0.5, 0.6) is 0 Å². The lowest BCUT2D eigenvalue weighted by Crippen LogP contribution is -2.37. The van der Waals surface area contributed by atoms with E-state index in [0.717, 1.165) is 63.4 Å². The van der Waals surface area contributed by atoms with E-state index in [0.29, 0.717) is 0 Å². The molecule has 2 aromatic carbocycles. The fourth-order valence-corrected chi connectivity index (χ4v) is 3.94. The summed E-state index contributed by atoms with van der Waals surface area (Å²) in [5.74, 6) is -0.0237. The van der Waals surface area contributed by atoms with Crippen molar-refractivity contribution in [1.82, 2.24) is 4.90 Å². The minimum atomic E-state index is -0.0237. The van der Waals surface area contributed by atoms with E-state index in [1.54, 1.807) is 0 Å². The number of nitrogens with zero attached hydrogens (tertiary/aromatic N) is 1. The molecule has 1 aliphatic heterocycles. The van der Waals surface area contributed by atoms with Gasteiger partial charge in [0.1, 0.15) is 0 Å². The van der Waals surface area contributed by atoms with Crippen LogP contribution in [0.3, 0.4) is 0 Å². The van der Waals surface area contributed by atoms with Crippen LogP contribution in [0.2, 0.25) is 0 Å². The predicted octanol–water partition coefficient (Wildman–Crippen LogP) is 3.69. The highest BCUT2D eigenvalue weighted by Gasteiger charge is 2.13. The molecule has 4 heteroatoms. The zero-order chi connectivity index (χ0) is 18.5. The zero-order valence-corrected chi connectivity index (χ0v) is 15.9. The fourth-order valence-electron chi connectivity index (χ4n) is 3.94. The number of ether oxygens (including phenoxy) is 1. The molecule has 0 radical (unpaired) electrons. The molecule has 1 aliphatic carbocycles. The van der Waals surface area contributed by atoms with Crippen LogP contribution in [-0.4, -0.2) is 43.7 Å². The summed E-state index contributed by atoms with van der Waals surface area (Å²) in [4.78, 5) is 15.0. The summed E-state index contributed by atoms with van der Waals surface area (Å²) >= 11 is 0. The van der Waals surface area contributed by atoms with Gasteiger partial charge in [0.05, 0.1) is 13.2 Å².